The largest absolute Gasteiger partial charge is 0.285 e. The maximum absolute atomic E-state index is 11.0. The van der Waals surface area contributed by atoms with E-state index in [4.69, 9.17) is 4.55 Å². The van der Waals surface area contributed by atoms with Crippen LogP contribution in [0.5, 0.6) is 0 Å². The third-order valence-corrected chi connectivity index (χ3v) is 3.01. The van der Waals surface area contributed by atoms with Gasteiger partial charge in [0, 0.05) is 0 Å². The van der Waals surface area contributed by atoms with Crippen molar-refractivity contribution in [3.63, 3.8) is 0 Å². The highest BCUT2D eigenvalue weighted by Crippen LogP contribution is 2.22. The van der Waals surface area contributed by atoms with E-state index in [1.807, 2.05) is 13.0 Å². The van der Waals surface area contributed by atoms with E-state index in [9.17, 15) is 8.42 Å². The summed E-state index contributed by atoms with van der Waals surface area (Å²) in [5.41, 5.74) is 1.47. The van der Waals surface area contributed by atoms with Crippen molar-refractivity contribution in [3.8, 4) is 0 Å². The summed E-state index contributed by atoms with van der Waals surface area (Å²) in [6.07, 6.45) is 1.21. The molecule has 1 atom stereocenters. The highest BCUT2D eigenvalue weighted by molar-refractivity contribution is 7.86. The Morgan fingerprint density at radius 2 is 2.14 bits per heavy atom. The molecule has 0 aliphatic rings. The Bertz CT molecular complexity index is 434. The molecule has 0 aliphatic carbocycles. The summed E-state index contributed by atoms with van der Waals surface area (Å²) < 4.78 is 30.8. The molecule has 1 unspecified atom stereocenters. The first-order chi connectivity index (χ1) is 6.45. The van der Waals surface area contributed by atoms with Crippen molar-refractivity contribution in [2.75, 3.05) is 0 Å². The van der Waals surface area contributed by atoms with Gasteiger partial charge in [-0.3, -0.25) is 4.55 Å². The first-order valence-electron chi connectivity index (χ1n) is 4.10. The van der Waals surface area contributed by atoms with Crippen LogP contribution in [0.3, 0.4) is 0 Å². The maximum Gasteiger partial charge on any atom is 0.275 e. The minimum atomic E-state index is -4.10. The summed E-state index contributed by atoms with van der Waals surface area (Å²) in [7, 11) is -4.10. The molecule has 0 fully saturated rings. The van der Waals surface area contributed by atoms with Crippen molar-refractivity contribution in [2.24, 2.45) is 0 Å². The van der Waals surface area contributed by atoms with Gasteiger partial charge in [-0.1, -0.05) is 35.9 Å². The molecule has 0 saturated carbocycles. The molecule has 0 amide bonds. The lowest BCUT2D eigenvalue weighted by Crippen LogP contribution is -2.09. The number of rotatable bonds is 3. The number of aryl methyl sites for hydroxylation is 1. The second-order valence-corrected chi connectivity index (χ2v) is 4.62. The van der Waals surface area contributed by atoms with Gasteiger partial charge in [0.2, 0.25) is 0 Å². The molecule has 3 nitrogen and oxygen atoms in total. The molecular formula is C10H12O3S. The molecule has 76 valence electrons. The summed E-state index contributed by atoms with van der Waals surface area (Å²) in [4.78, 5) is 0. The molecule has 4 heteroatoms. The average molecular weight is 212 g/mol. The molecular weight excluding hydrogens is 200 g/mol. The van der Waals surface area contributed by atoms with E-state index in [-0.39, 0.29) is 0 Å². The quantitative estimate of drug-likeness (QED) is 0.616. The fraction of sp³-hybridized carbons (Fsp3) is 0.200. The molecule has 0 spiro atoms. The van der Waals surface area contributed by atoms with Gasteiger partial charge in [0.25, 0.3) is 10.1 Å². The van der Waals surface area contributed by atoms with E-state index < -0.39 is 15.4 Å². The van der Waals surface area contributed by atoms with Crippen LogP contribution in [0.2, 0.25) is 0 Å². The van der Waals surface area contributed by atoms with Crippen LogP contribution >= 0.6 is 0 Å². The molecule has 1 rings (SSSR count). The smallest absolute Gasteiger partial charge is 0.275 e. The van der Waals surface area contributed by atoms with Crippen LogP contribution < -0.4 is 0 Å². The third-order valence-electron chi connectivity index (χ3n) is 1.91. The SMILES string of the molecule is C=CC(c1cccc(C)c1)S(=O)(=O)O. The summed E-state index contributed by atoms with van der Waals surface area (Å²) in [5.74, 6) is 0. The molecule has 1 aromatic rings. The topological polar surface area (TPSA) is 54.4 Å². The fourth-order valence-electron chi connectivity index (χ4n) is 1.28. The van der Waals surface area contributed by atoms with Crippen molar-refractivity contribution in [2.45, 2.75) is 12.2 Å². The van der Waals surface area contributed by atoms with Gasteiger partial charge in [-0.25, -0.2) is 0 Å². The van der Waals surface area contributed by atoms with Gasteiger partial charge in [-0.15, -0.1) is 6.58 Å². The number of hydrogen-bond donors (Lipinski definition) is 1. The molecule has 0 aromatic heterocycles. The third kappa shape index (κ3) is 2.43. The second kappa shape index (κ2) is 3.94. The van der Waals surface area contributed by atoms with E-state index in [1.165, 1.54) is 6.08 Å². The number of benzene rings is 1. The highest BCUT2D eigenvalue weighted by Gasteiger charge is 2.21. The number of hydrogen-bond acceptors (Lipinski definition) is 2. The van der Waals surface area contributed by atoms with Gasteiger partial charge in [-0.05, 0) is 12.5 Å². The van der Waals surface area contributed by atoms with Crippen molar-refractivity contribution in [1.82, 2.24) is 0 Å². The van der Waals surface area contributed by atoms with Gasteiger partial charge >= 0.3 is 0 Å². The highest BCUT2D eigenvalue weighted by atomic mass is 32.2. The van der Waals surface area contributed by atoms with Crippen LogP contribution in [0.4, 0.5) is 0 Å². The van der Waals surface area contributed by atoms with Crippen LogP contribution in [0.25, 0.3) is 0 Å². The summed E-state index contributed by atoms with van der Waals surface area (Å²) in [6.45, 7) is 5.25. The van der Waals surface area contributed by atoms with Crippen molar-refractivity contribution in [3.05, 3.63) is 48.0 Å². The zero-order chi connectivity index (χ0) is 10.8. The molecule has 1 N–H and O–H groups in total. The van der Waals surface area contributed by atoms with Crippen LogP contribution in [-0.4, -0.2) is 13.0 Å². The Labute approximate surface area is 83.8 Å². The predicted octanol–water partition coefficient (Wildman–Crippen LogP) is 2.11. The molecule has 0 aliphatic heterocycles. The van der Waals surface area contributed by atoms with E-state index in [2.05, 4.69) is 6.58 Å². The first kappa shape index (κ1) is 10.9. The van der Waals surface area contributed by atoms with Gasteiger partial charge < -0.3 is 0 Å². The van der Waals surface area contributed by atoms with Gasteiger partial charge in [0.05, 0.1) is 0 Å². The van der Waals surface area contributed by atoms with E-state index in [0.717, 1.165) is 5.56 Å². The average Bonchev–Trinajstić information content (AvgIpc) is 2.02. The molecule has 0 heterocycles. The first-order valence-corrected chi connectivity index (χ1v) is 5.61. The molecule has 0 bridgehead atoms. The van der Waals surface area contributed by atoms with Crippen molar-refractivity contribution in [1.29, 1.82) is 0 Å². The van der Waals surface area contributed by atoms with Gasteiger partial charge in [0.15, 0.2) is 0 Å². The lowest BCUT2D eigenvalue weighted by Gasteiger charge is -2.09. The van der Waals surface area contributed by atoms with E-state index in [0.29, 0.717) is 5.56 Å². The van der Waals surface area contributed by atoms with E-state index in [1.54, 1.807) is 18.2 Å². The Hall–Kier alpha value is -1.13. The van der Waals surface area contributed by atoms with Crippen molar-refractivity contribution >= 4 is 10.1 Å². The van der Waals surface area contributed by atoms with Crippen molar-refractivity contribution < 1.29 is 13.0 Å². The van der Waals surface area contributed by atoms with Crippen LogP contribution in [0.1, 0.15) is 16.4 Å². The minimum Gasteiger partial charge on any atom is -0.285 e. The fourth-order valence-corrected chi connectivity index (χ4v) is 2.01. The normalized spacial score (nSPS) is 13.6. The summed E-state index contributed by atoms with van der Waals surface area (Å²) >= 11 is 0. The minimum absolute atomic E-state index is 0.530. The predicted molar refractivity (Wildman–Crippen MR) is 55.7 cm³/mol. The lowest BCUT2D eigenvalue weighted by atomic mass is 10.1. The lowest BCUT2D eigenvalue weighted by molar-refractivity contribution is 0.476. The van der Waals surface area contributed by atoms with Crippen LogP contribution in [0, 0.1) is 6.92 Å². The van der Waals surface area contributed by atoms with Crippen LogP contribution in [-0.2, 0) is 10.1 Å². The Morgan fingerprint density at radius 1 is 1.50 bits per heavy atom. The van der Waals surface area contributed by atoms with Crippen LogP contribution in [0.15, 0.2) is 36.9 Å². The standard InChI is InChI=1S/C10H12O3S/c1-3-10(14(11,12)13)9-6-4-5-8(2)7-9/h3-7,10H,1H2,2H3,(H,11,12,13). The zero-order valence-electron chi connectivity index (χ0n) is 7.84. The molecule has 14 heavy (non-hydrogen) atoms. The van der Waals surface area contributed by atoms with Gasteiger partial charge in [0.1, 0.15) is 5.25 Å². The molecule has 0 saturated heterocycles. The molecule has 1 aromatic carbocycles. The Balaban J connectivity index is 3.21. The molecule has 0 radical (unpaired) electrons. The maximum atomic E-state index is 11.0. The summed E-state index contributed by atoms with van der Waals surface area (Å²) in [6, 6.07) is 6.95. The Morgan fingerprint density at radius 3 is 2.57 bits per heavy atom. The van der Waals surface area contributed by atoms with Gasteiger partial charge in [-0.2, -0.15) is 8.42 Å². The second-order valence-electron chi connectivity index (χ2n) is 3.09. The Kier molecular flexibility index (Phi) is 3.08. The van der Waals surface area contributed by atoms with E-state index >= 15 is 0 Å². The monoisotopic (exact) mass is 212 g/mol. The summed E-state index contributed by atoms with van der Waals surface area (Å²) in [5, 5.41) is -1.04. The zero-order valence-corrected chi connectivity index (χ0v) is 8.66.